The molecule has 0 spiro atoms. The van der Waals surface area contributed by atoms with E-state index in [2.05, 4.69) is 4.98 Å². The molecule has 0 aliphatic carbocycles. The van der Waals surface area contributed by atoms with Crippen LogP contribution < -0.4 is 15.1 Å². The van der Waals surface area contributed by atoms with Crippen molar-refractivity contribution in [2.24, 2.45) is 0 Å². The fraction of sp³-hybridized carbons (Fsp3) is 0.176. The summed E-state index contributed by atoms with van der Waals surface area (Å²) < 4.78 is 15.6. The molecule has 0 radical (unpaired) electrons. The fourth-order valence-corrected chi connectivity index (χ4v) is 2.49. The summed E-state index contributed by atoms with van der Waals surface area (Å²) in [5.41, 5.74) is 0.341. The highest BCUT2D eigenvalue weighted by Gasteiger charge is 2.21. The van der Waals surface area contributed by atoms with E-state index in [1.165, 1.54) is 32.4 Å². The first-order valence-corrected chi connectivity index (χ1v) is 7.27. The van der Waals surface area contributed by atoms with E-state index in [4.69, 9.17) is 13.9 Å². The molecule has 8 heteroatoms. The molecule has 1 aromatic heterocycles. The molecule has 0 atom stereocenters. The quantitative estimate of drug-likeness (QED) is 0.530. The lowest BCUT2D eigenvalue weighted by Crippen LogP contribution is -2.05. The van der Waals surface area contributed by atoms with E-state index < -0.39 is 10.5 Å². The van der Waals surface area contributed by atoms with Crippen LogP contribution >= 0.6 is 0 Å². The van der Waals surface area contributed by atoms with Crippen LogP contribution in [0.4, 0.5) is 5.69 Å². The van der Waals surface area contributed by atoms with Crippen LogP contribution in [0.2, 0.25) is 0 Å². The third-order valence-electron chi connectivity index (χ3n) is 3.71. The molecule has 0 saturated carbocycles. The highest BCUT2D eigenvalue weighted by molar-refractivity contribution is 5.83. The van der Waals surface area contributed by atoms with Crippen LogP contribution in [0.15, 0.2) is 39.5 Å². The predicted molar refractivity (Wildman–Crippen MR) is 90.2 cm³/mol. The van der Waals surface area contributed by atoms with Crippen molar-refractivity contribution in [3.8, 4) is 23.0 Å². The molecule has 0 aliphatic heterocycles. The van der Waals surface area contributed by atoms with Crippen molar-refractivity contribution in [3.63, 3.8) is 0 Å². The van der Waals surface area contributed by atoms with Crippen molar-refractivity contribution < 1.29 is 18.8 Å². The van der Waals surface area contributed by atoms with Gasteiger partial charge >= 0.3 is 5.63 Å². The molecule has 0 bridgehead atoms. The van der Waals surface area contributed by atoms with E-state index in [1.807, 2.05) is 0 Å². The Hall–Kier alpha value is -3.42. The molecule has 0 fully saturated rings. The van der Waals surface area contributed by atoms with Crippen LogP contribution in [-0.2, 0) is 0 Å². The SMILES string of the molecule is COc1cc2nc(-c3cc(C)ccc3[N+](=O)[O-])oc(=O)c2cc1OC. The van der Waals surface area contributed by atoms with E-state index in [0.717, 1.165) is 5.56 Å². The summed E-state index contributed by atoms with van der Waals surface area (Å²) in [5, 5.41) is 11.5. The topological polar surface area (TPSA) is 105 Å². The highest BCUT2D eigenvalue weighted by Crippen LogP contribution is 2.33. The number of aromatic nitrogens is 1. The molecule has 1 heterocycles. The van der Waals surface area contributed by atoms with E-state index in [1.54, 1.807) is 19.1 Å². The lowest BCUT2D eigenvalue weighted by molar-refractivity contribution is -0.384. The Kier molecular flexibility index (Phi) is 4.10. The summed E-state index contributed by atoms with van der Waals surface area (Å²) in [7, 11) is 2.91. The minimum atomic E-state index is -0.670. The van der Waals surface area contributed by atoms with Crippen LogP contribution in [0.5, 0.6) is 11.5 Å². The smallest absolute Gasteiger partial charge is 0.347 e. The Morgan fingerprint density at radius 3 is 2.44 bits per heavy atom. The molecular formula is C17H14N2O6. The average molecular weight is 342 g/mol. The third-order valence-corrected chi connectivity index (χ3v) is 3.71. The maximum Gasteiger partial charge on any atom is 0.347 e. The molecule has 0 saturated heterocycles. The second-order valence-corrected chi connectivity index (χ2v) is 5.31. The largest absolute Gasteiger partial charge is 0.493 e. The number of nitrogens with zero attached hydrogens (tertiary/aromatic N) is 2. The van der Waals surface area contributed by atoms with E-state index >= 15 is 0 Å². The summed E-state index contributed by atoms with van der Waals surface area (Å²) in [6.45, 7) is 1.78. The standard InChI is InChI=1S/C17H14N2O6/c1-9-4-5-13(19(21)22)11(6-9)16-18-12-8-15(24-3)14(23-2)7-10(12)17(20)25-16/h4-8H,1-3H3. The summed E-state index contributed by atoms with van der Waals surface area (Å²) in [6, 6.07) is 7.49. The zero-order valence-corrected chi connectivity index (χ0v) is 13.7. The number of nitro benzene ring substituents is 1. The third kappa shape index (κ3) is 2.89. The number of nitro groups is 1. The van der Waals surface area contributed by atoms with Crippen LogP contribution in [-0.4, -0.2) is 24.1 Å². The number of ether oxygens (including phenoxy) is 2. The van der Waals surface area contributed by atoms with Gasteiger partial charge in [-0.15, -0.1) is 0 Å². The molecular weight excluding hydrogens is 328 g/mol. The summed E-state index contributed by atoms with van der Waals surface area (Å²) in [6.07, 6.45) is 0. The number of methoxy groups -OCH3 is 2. The fourth-order valence-electron chi connectivity index (χ4n) is 2.49. The van der Waals surface area contributed by atoms with E-state index in [0.29, 0.717) is 17.0 Å². The molecule has 0 N–H and O–H groups in total. The maximum atomic E-state index is 12.3. The van der Waals surface area contributed by atoms with Gasteiger partial charge in [0.1, 0.15) is 5.56 Å². The van der Waals surface area contributed by atoms with Crippen molar-refractivity contribution in [3.05, 3.63) is 56.4 Å². The van der Waals surface area contributed by atoms with Crippen molar-refractivity contribution in [2.45, 2.75) is 6.92 Å². The zero-order chi connectivity index (χ0) is 18.1. The van der Waals surface area contributed by atoms with Crippen LogP contribution in [0.3, 0.4) is 0 Å². The molecule has 3 rings (SSSR count). The van der Waals surface area contributed by atoms with Gasteiger partial charge in [0, 0.05) is 18.2 Å². The van der Waals surface area contributed by atoms with Crippen molar-refractivity contribution in [1.29, 1.82) is 0 Å². The Bertz CT molecular complexity index is 1040. The molecule has 0 aliphatic rings. The van der Waals surface area contributed by atoms with Gasteiger partial charge in [0.2, 0.25) is 5.89 Å². The van der Waals surface area contributed by atoms with Gasteiger partial charge in [-0.05, 0) is 18.6 Å². The average Bonchev–Trinajstić information content (AvgIpc) is 2.60. The number of benzene rings is 2. The van der Waals surface area contributed by atoms with Gasteiger partial charge in [-0.1, -0.05) is 6.07 Å². The van der Waals surface area contributed by atoms with E-state index in [9.17, 15) is 14.9 Å². The summed E-state index contributed by atoms with van der Waals surface area (Å²) in [5.74, 6) is 0.622. The minimum Gasteiger partial charge on any atom is -0.493 e. The van der Waals surface area contributed by atoms with Gasteiger partial charge in [0.15, 0.2) is 11.5 Å². The van der Waals surface area contributed by atoms with Crippen LogP contribution in [0, 0.1) is 17.0 Å². The van der Waals surface area contributed by atoms with E-state index in [-0.39, 0.29) is 22.5 Å². The molecule has 0 amide bonds. The van der Waals surface area contributed by atoms with Gasteiger partial charge < -0.3 is 13.9 Å². The number of rotatable bonds is 4. The van der Waals surface area contributed by atoms with Gasteiger partial charge in [0.05, 0.1) is 30.0 Å². The van der Waals surface area contributed by atoms with Crippen LogP contribution in [0.25, 0.3) is 22.4 Å². The number of hydrogen-bond donors (Lipinski definition) is 0. The first kappa shape index (κ1) is 16.4. The van der Waals surface area contributed by atoms with Crippen molar-refractivity contribution in [2.75, 3.05) is 14.2 Å². The van der Waals surface area contributed by atoms with Crippen molar-refractivity contribution in [1.82, 2.24) is 4.98 Å². The number of aryl methyl sites for hydroxylation is 1. The van der Waals surface area contributed by atoms with Gasteiger partial charge in [-0.3, -0.25) is 10.1 Å². The van der Waals surface area contributed by atoms with Crippen LogP contribution in [0.1, 0.15) is 5.56 Å². The number of fused-ring (bicyclic) bond motifs is 1. The predicted octanol–water partition coefficient (Wildman–Crippen LogP) is 3.09. The monoisotopic (exact) mass is 342 g/mol. The lowest BCUT2D eigenvalue weighted by Gasteiger charge is -2.09. The maximum absolute atomic E-state index is 12.3. The lowest BCUT2D eigenvalue weighted by atomic mass is 10.1. The first-order chi connectivity index (χ1) is 11.9. The van der Waals surface area contributed by atoms with Crippen molar-refractivity contribution >= 4 is 16.6 Å². The van der Waals surface area contributed by atoms with Gasteiger partial charge in [0.25, 0.3) is 5.69 Å². The molecule has 8 nitrogen and oxygen atoms in total. The second-order valence-electron chi connectivity index (χ2n) is 5.31. The summed E-state index contributed by atoms with van der Waals surface area (Å²) >= 11 is 0. The van der Waals surface area contributed by atoms with Gasteiger partial charge in [-0.25, -0.2) is 9.78 Å². The normalized spacial score (nSPS) is 10.7. The Balaban J connectivity index is 2.31. The molecule has 2 aromatic carbocycles. The highest BCUT2D eigenvalue weighted by atomic mass is 16.6. The minimum absolute atomic E-state index is 0.125. The molecule has 3 aromatic rings. The first-order valence-electron chi connectivity index (χ1n) is 7.27. The second kappa shape index (κ2) is 6.23. The number of hydrogen-bond acceptors (Lipinski definition) is 7. The van der Waals surface area contributed by atoms with Gasteiger partial charge in [-0.2, -0.15) is 0 Å². The molecule has 25 heavy (non-hydrogen) atoms. The molecule has 0 unspecified atom stereocenters. The Labute approximate surface area is 141 Å². The Morgan fingerprint density at radius 2 is 1.80 bits per heavy atom. The Morgan fingerprint density at radius 1 is 1.12 bits per heavy atom. The summed E-state index contributed by atoms with van der Waals surface area (Å²) in [4.78, 5) is 27.3. The molecule has 128 valence electrons. The zero-order valence-electron chi connectivity index (χ0n) is 13.7.